The van der Waals surface area contributed by atoms with Gasteiger partial charge >= 0.3 is 6.18 Å². The molecule has 4 aromatic rings. The molecule has 1 aliphatic heterocycles. The molecule has 2 N–H and O–H groups in total. The second kappa shape index (κ2) is 9.42. The molecule has 0 saturated carbocycles. The van der Waals surface area contributed by atoms with Crippen LogP contribution in [-0.4, -0.2) is 50.6 Å². The minimum Gasteiger partial charge on any atom is -0.382 e. The van der Waals surface area contributed by atoms with Gasteiger partial charge in [0.25, 0.3) is 5.56 Å². The van der Waals surface area contributed by atoms with Crippen LogP contribution in [0.25, 0.3) is 16.7 Å². The first-order valence-corrected chi connectivity index (χ1v) is 11.8. The third-order valence-corrected chi connectivity index (χ3v) is 6.56. The number of nitrogens with one attached hydrogen (secondary N) is 2. The minimum absolute atomic E-state index is 0.0401. The fourth-order valence-electron chi connectivity index (χ4n) is 4.56. The second-order valence-corrected chi connectivity index (χ2v) is 9.44. The molecule has 0 amide bonds. The number of aryl methyl sites for hydroxylation is 1. The molecule has 1 fully saturated rings. The van der Waals surface area contributed by atoms with Crippen LogP contribution in [0.3, 0.4) is 0 Å². The molecule has 3 aromatic heterocycles. The van der Waals surface area contributed by atoms with E-state index in [0.717, 1.165) is 48.9 Å². The van der Waals surface area contributed by atoms with E-state index in [0.29, 0.717) is 12.2 Å². The number of aromatic amines is 1. The van der Waals surface area contributed by atoms with Crippen LogP contribution in [0.5, 0.6) is 0 Å². The number of halogens is 3. The molecule has 4 heterocycles. The molecule has 0 aliphatic carbocycles. The first-order chi connectivity index (χ1) is 17.2. The van der Waals surface area contributed by atoms with E-state index in [1.165, 1.54) is 6.07 Å². The maximum Gasteiger partial charge on any atom is 0.418 e. The van der Waals surface area contributed by atoms with Crippen LogP contribution >= 0.6 is 0 Å². The van der Waals surface area contributed by atoms with Crippen LogP contribution < -0.4 is 10.9 Å². The van der Waals surface area contributed by atoms with Gasteiger partial charge < -0.3 is 19.8 Å². The lowest BCUT2D eigenvalue weighted by Crippen LogP contribution is -2.37. The number of likely N-dealkylation sites (tertiary alicyclic amines) is 1. The molecule has 36 heavy (non-hydrogen) atoms. The molecule has 0 unspecified atom stereocenters. The van der Waals surface area contributed by atoms with Crippen molar-refractivity contribution in [2.24, 2.45) is 0 Å². The maximum atomic E-state index is 13.9. The molecule has 0 spiro atoms. The van der Waals surface area contributed by atoms with Crippen molar-refractivity contribution in [1.82, 2.24) is 24.4 Å². The van der Waals surface area contributed by atoms with E-state index >= 15 is 0 Å². The average molecular weight is 497 g/mol. The van der Waals surface area contributed by atoms with Crippen LogP contribution in [-0.2, 0) is 12.6 Å². The predicted octanol–water partition coefficient (Wildman–Crippen LogP) is 4.53. The summed E-state index contributed by atoms with van der Waals surface area (Å²) >= 11 is 0. The van der Waals surface area contributed by atoms with E-state index < -0.39 is 17.3 Å². The van der Waals surface area contributed by atoms with Crippen LogP contribution in [0.2, 0.25) is 0 Å². The zero-order valence-corrected chi connectivity index (χ0v) is 20.1. The van der Waals surface area contributed by atoms with Gasteiger partial charge in [-0.2, -0.15) is 13.2 Å². The third-order valence-electron chi connectivity index (χ3n) is 6.56. The number of anilines is 1. The molecule has 0 radical (unpaired) electrons. The number of benzene rings is 1. The highest BCUT2D eigenvalue weighted by atomic mass is 19.4. The van der Waals surface area contributed by atoms with Crippen molar-refractivity contribution in [3.63, 3.8) is 0 Å². The van der Waals surface area contributed by atoms with Crippen LogP contribution in [0.15, 0.2) is 53.7 Å². The quantitative estimate of drug-likeness (QED) is 0.424. The Morgan fingerprint density at radius 1 is 1.17 bits per heavy atom. The summed E-state index contributed by atoms with van der Waals surface area (Å²) in [5.74, 6) is 1.12. The van der Waals surface area contributed by atoms with Gasteiger partial charge in [-0.3, -0.25) is 4.79 Å². The van der Waals surface area contributed by atoms with Gasteiger partial charge in [-0.15, -0.1) is 0 Å². The number of aromatic nitrogens is 4. The van der Waals surface area contributed by atoms with Crippen molar-refractivity contribution < 1.29 is 13.2 Å². The topological polar surface area (TPSA) is 78.8 Å². The number of hydrogen-bond acceptors (Lipinski definition) is 5. The molecular formula is C26H27F3N6O. The zero-order chi connectivity index (χ0) is 25.4. The Balaban J connectivity index is 1.45. The van der Waals surface area contributed by atoms with Gasteiger partial charge in [0.05, 0.1) is 16.5 Å². The molecule has 0 bridgehead atoms. The van der Waals surface area contributed by atoms with Gasteiger partial charge in [0, 0.05) is 36.7 Å². The molecule has 1 saturated heterocycles. The lowest BCUT2D eigenvalue weighted by molar-refractivity contribution is -0.136. The summed E-state index contributed by atoms with van der Waals surface area (Å²) in [5, 5.41) is 2.98. The lowest BCUT2D eigenvalue weighted by Gasteiger charge is -2.31. The van der Waals surface area contributed by atoms with Crippen molar-refractivity contribution in [2.45, 2.75) is 38.4 Å². The summed E-state index contributed by atoms with van der Waals surface area (Å²) in [5.41, 5.74) is 0.679. The number of nitrogens with zero attached hydrogens (tertiary/aromatic N) is 4. The van der Waals surface area contributed by atoms with E-state index in [1.54, 1.807) is 6.20 Å². The Morgan fingerprint density at radius 2 is 1.94 bits per heavy atom. The Kier molecular flexibility index (Phi) is 6.29. The van der Waals surface area contributed by atoms with E-state index in [-0.39, 0.29) is 22.6 Å². The van der Waals surface area contributed by atoms with E-state index in [1.807, 2.05) is 49.1 Å². The molecule has 7 nitrogen and oxygen atoms in total. The minimum atomic E-state index is -4.60. The second-order valence-electron chi connectivity index (χ2n) is 9.44. The van der Waals surface area contributed by atoms with Crippen molar-refractivity contribution in [3.8, 4) is 5.82 Å². The molecular weight excluding hydrogens is 469 g/mol. The fourth-order valence-corrected chi connectivity index (χ4v) is 4.56. The normalized spacial score (nSPS) is 15.5. The molecule has 5 rings (SSSR count). The van der Waals surface area contributed by atoms with Crippen molar-refractivity contribution in [2.75, 3.05) is 25.5 Å². The zero-order valence-electron chi connectivity index (χ0n) is 20.1. The monoisotopic (exact) mass is 496 g/mol. The number of fused-ring (bicyclic) bond motifs is 1. The Labute approximate surface area is 206 Å². The number of H-pyrrole nitrogens is 1. The van der Waals surface area contributed by atoms with Gasteiger partial charge in [-0.25, -0.2) is 9.97 Å². The van der Waals surface area contributed by atoms with Crippen LogP contribution in [0.4, 0.5) is 18.9 Å². The molecule has 1 aromatic carbocycles. The number of rotatable bonds is 5. The first-order valence-electron chi connectivity index (χ1n) is 11.8. The summed E-state index contributed by atoms with van der Waals surface area (Å²) < 4.78 is 43.5. The first kappa shape index (κ1) is 24.1. The summed E-state index contributed by atoms with van der Waals surface area (Å²) in [6, 6.07) is 7.92. The van der Waals surface area contributed by atoms with E-state index in [4.69, 9.17) is 0 Å². The van der Waals surface area contributed by atoms with Crippen LogP contribution in [0, 0.1) is 6.92 Å². The van der Waals surface area contributed by atoms with E-state index in [9.17, 15) is 18.0 Å². The highest BCUT2D eigenvalue weighted by Gasteiger charge is 2.35. The highest BCUT2D eigenvalue weighted by Crippen LogP contribution is 2.37. The van der Waals surface area contributed by atoms with Gasteiger partial charge in [0.15, 0.2) is 0 Å². The smallest absolute Gasteiger partial charge is 0.382 e. The summed E-state index contributed by atoms with van der Waals surface area (Å²) in [7, 11) is 2.00. The van der Waals surface area contributed by atoms with Gasteiger partial charge in [0.1, 0.15) is 11.6 Å². The van der Waals surface area contributed by atoms with Gasteiger partial charge in [-0.05, 0) is 75.3 Å². The van der Waals surface area contributed by atoms with Crippen molar-refractivity contribution in [1.29, 1.82) is 0 Å². The third kappa shape index (κ3) is 5.13. The van der Waals surface area contributed by atoms with Gasteiger partial charge in [-0.1, -0.05) is 6.07 Å². The van der Waals surface area contributed by atoms with Crippen molar-refractivity contribution in [3.05, 3.63) is 81.8 Å². The number of piperidine rings is 1. The van der Waals surface area contributed by atoms with Crippen LogP contribution in [0.1, 0.15) is 35.4 Å². The predicted molar refractivity (Wildman–Crippen MR) is 133 cm³/mol. The Morgan fingerprint density at radius 3 is 2.58 bits per heavy atom. The Hall–Kier alpha value is -3.66. The largest absolute Gasteiger partial charge is 0.418 e. The van der Waals surface area contributed by atoms with Gasteiger partial charge in [0.2, 0.25) is 0 Å². The number of pyridine rings is 1. The van der Waals surface area contributed by atoms with Crippen molar-refractivity contribution >= 4 is 16.6 Å². The average Bonchev–Trinajstić information content (AvgIpc) is 3.26. The standard InChI is InChI=1S/C26H27F3N6O/c1-16-5-10-35(15-16)24-4-3-17(14-30-24)11-23-32-21-13-22(31-18-6-8-34(2)9-7-18)20(26(27,28)29)12-19(21)25(36)33-23/h3-5,10,12-15,18,31H,6-9,11H2,1-2H3,(H,32,33,36). The maximum absolute atomic E-state index is 13.9. The lowest BCUT2D eigenvalue weighted by atomic mass is 10.0. The fraction of sp³-hybridized carbons (Fsp3) is 0.346. The van der Waals surface area contributed by atoms with E-state index in [2.05, 4.69) is 25.2 Å². The number of hydrogen-bond donors (Lipinski definition) is 2. The molecule has 10 heteroatoms. The highest BCUT2D eigenvalue weighted by molar-refractivity contribution is 5.83. The summed E-state index contributed by atoms with van der Waals surface area (Å²) in [6.45, 7) is 3.62. The molecule has 0 atom stereocenters. The Bertz CT molecular complexity index is 1430. The SMILES string of the molecule is Cc1ccn(-c2ccc(Cc3nc4cc(NC5CCN(C)CC5)c(C(F)(F)F)cc4c(=O)[nH]3)cn2)c1. The molecule has 1 aliphatic rings. The summed E-state index contributed by atoms with van der Waals surface area (Å²) in [4.78, 5) is 26.5. The molecule has 188 valence electrons. The summed E-state index contributed by atoms with van der Waals surface area (Å²) in [6.07, 6.45) is 2.77. The number of alkyl halides is 3.